The molecule has 0 aliphatic rings. The zero-order chi connectivity index (χ0) is 15.0. The molecule has 0 fully saturated rings. The Balaban J connectivity index is 0.00000176. The summed E-state index contributed by atoms with van der Waals surface area (Å²) in [5.41, 5.74) is 1.50. The third kappa shape index (κ3) is 3.29. The number of fused-ring (bicyclic) bond motifs is 1. The van der Waals surface area contributed by atoms with Crippen molar-refractivity contribution < 1.29 is 54.0 Å². The zero-order valence-corrected chi connectivity index (χ0v) is 16.6. The van der Waals surface area contributed by atoms with Crippen LogP contribution in [-0.2, 0) is 0 Å². The number of ketones is 1. The summed E-state index contributed by atoms with van der Waals surface area (Å²) in [7, 11) is 0. The van der Waals surface area contributed by atoms with Crippen molar-refractivity contribution in [2.45, 2.75) is 6.92 Å². The van der Waals surface area contributed by atoms with Gasteiger partial charge in [-0.2, -0.15) is 0 Å². The molecule has 107 valence electrons. The fourth-order valence-corrected chi connectivity index (χ4v) is 2.13. The van der Waals surface area contributed by atoms with E-state index in [0.29, 0.717) is 27.9 Å². The minimum absolute atomic E-state index is 0. The summed E-state index contributed by atoms with van der Waals surface area (Å²) in [4.78, 5) is 30.3. The monoisotopic (exact) mass is 507 g/mol. The first-order chi connectivity index (χ1) is 10.0. The average molecular weight is 507 g/mol. The molecule has 0 saturated carbocycles. The van der Waals surface area contributed by atoms with Gasteiger partial charge in [0.15, 0.2) is 5.78 Å². The number of phenols is 1. The van der Waals surface area contributed by atoms with Gasteiger partial charge in [-0.05, 0) is 25.1 Å². The summed E-state index contributed by atoms with van der Waals surface area (Å²) >= 11 is 0. The van der Waals surface area contributed by atoms with Crippen molar-refractivity contribution in [3.63, 3.8) is 0 Å². The molecule has 0 atom stereocenters. The van der Waals surface area contributed by atoms with Crippen LogP contribution in [-0.4, -0.2) is 20.9 Å². The molecule has 6 heteroatoms. The van der Waals surface area contributed by atoms with Crippen LogP contribution in [0.1, 0.15) is 17.3 Å². The first kappa shape index (κ1) is 16.9. The van der Waals surface area contributed by atoms with Gasteiger partial charge in [0, 0.05) is 55.2 Å². The Labute approximate surface area is 162 Å². The van der Waals surface area contributed by atoms with Gasteiger partial charge in [0.2, 0.25) is 0 Å². The number of carbonyl (C=O) groups is 1. The second kappa shape index (κ2) is 6.72. The minimum atomic E-state index is -0.318. The Morgan fingerprint density at radius 3 is 2.45 bits per heavy atom. The predicted molar refractivity (Wildman–Crippen MR) is 79.5 cm³/mol. The molecule has 0 bridgehead atoms. The van der Waals surface area contributed by atoms with Crippen molar-refractivity contribution >= 4 is 16.7 Å². The third-order valence-corrected chi connectivity index (χ3v) is 3.25. The first-order valence-electron chi connectivity index (χ1n) is 6.39. The molecule has 0 aliphatic carbocycles. The van der Waals surface area contributed by atoms with E-state index in [1.807, 2.05) is 0 Å². The quantitative estimate of drug-likeness (QED) is 0.523. The maximum atomic E-state index is 12.0. The molecule has 0 amide bonds. The van der Waals surface area contributed by atoms with Gasteiger partial charge in [0.25, 0.3) is 5.56 Å². The predicted octanol–water partition coefficient (Wildman–Crippen LogP) is 2.50. The number of aromatic hydroxyl groups is 1. The summed E-state index contributed by atoms with van der Waals surface area (Å²) in [6.07, 6.45) is 0. The number of H-pyrrole nitrogens is 1. The molecule has 3 aromatic rings. The molecule has 3 rings (SSSR count). The van der Waals surface area contributed by atoms with Gasteiger partial charge in [-0.3, -0.25) is 9.59 Å². The van der Waals surface area contributed by atoms with E-state index in [2.05, 4.69) is 9.97 Å². The van der Waals surface area contributed by atoms with Crippen molar-refractivity contribution in [1.29, 1.82) is 0 Å². The summed E-state index contributed by atoms with van der Waals surface area (Å²) in [6.45, 7) is 1.50. The maximum absolute atomic E-state index is 12.0. The van der Waals surface area contributed by atoms with E-state index in [0.717, 1.165) is 0 Å². The van der Waals surface area contributed by atoms with Crippen molar-refractivity contribution in [3.8, 4) is 17.1 Å². The number of carbonyl (C=O) groups excluding carboxylic acids is 1. The summed E-state index contributed by atoms with van der Waals surface area (Å²) in [5.74, 6) is 0.429. The largest absolute Gasteiger partial charge is 0.508 e. The molecule has 0 spiro atoms. The van der Waals surface area contributed by atoms with E-state index in [4.69, 9.17) is 0 Å². The SMILES string of the molecule is CC(=O)c1ccc(-c2nc3ccc(O)cc3c(=O)[nH]2)cc1.[Ac]. The van der Waals surface area contributed by atoms with Crippen LogP contribution >= 0.6 is 0 Å². The second-order valence-electron chi connectivity index (χ2n) is 4.75. The van der Waals surface area contributed by atoms with Gasteiger partial charge >= 0.3 is 0 Å². The van der Waals surface area contributed by atoms with E-state index in [-0.39, 0.29) is 61.2 Å². The van der Waals surface area contributed by atoms with E-state index in [1.54, 1.807) is 30.3 Å². The number of hydrogen-bond donors (Lipinski definition) is 2. The molecular weight excluding hydrogens is 495 g/mol. The van der Waals surface area contributed by atoms with Crippen LogP contribution in [0.25, 0.3) is 22.3 Å². The number of phenolic OH excluding ortho intramolecular Hbond substituents is 1. The number of hydrogen-bond acceptors (Lipinski definition) is 4. The molecule has 0 saturated heterocycles. The zero-order valence-electron chi connectivity index (χ0n) is 11.8. The third-order valence-electron chi connectivity index (χ3n) is 3.25. The second-order valence-corrected chi connectivity index (χ2v) is 4.75. The molecule has 1 aromatic heterocycles. The standard InChI is InChI=1S/C16H12N2O3.Ac/c1-9(19)10-2-4-11(5-3-10)15-17-14-7-6-12(20)8-13(14)16(21)18-15;/h2-8,20H,1H3,(H,17,18,21);. The van der Waals surface area contributed by atoms with E-state index < -0.39 is 0 Å². The van der Waals surface area contributed by atoms with Gasteiger partial charge in [0.05, 0.1) is 10.9 Å². The summed E-state index contributed by atoms with van der Waals surface area (Å²) < 4.78 is 0. The van der Waals surface area contributed by atoms with Crippen molar-refractivity contribution in [3.05, 3.63) is 58.4 Å². The maximum Gasteiger partial charge on any atom is 0.259 e. The van der Waals surface area contributed by atoms with E-state index >= 15 is 0 Å². The number of aromatic amines is 1. The van der Waals surface area contributed by atoms with Crippen LogP contribution in [0.15, 0.2) is 47.3 Å². The van der Waals surface area contributed by atoms with Gasteiger partial charge in [0.1, 0.15) is 11.6 Å². The Hall–Kier alpha value is -1.51. The fraction of sp³-hybridized carbons (Fsp3) is 0.0625. The number of Topliss-reactive ketones (excluding diaryl/α,β-unsaturated/α-hetero) is 1. The molecule has 0 aliphatic heterocycles. The molecular formula is C16H12AcN2O3. The van der Waals surface area contributed by atoms with E-state index in [1.165, 1.54) is 19.1 Å². The average Bonchev–Trinajstić information content (AvgIpc) is 2.48. The molecule has 2 N–H and O–H groups in total. The summed E-state index contributed by atoms with van der Waals surface area (Å²) in [5, 5.41) is 9.74. The number of benzene rings is 2. The van der Waals surface area contributed by atoms with Gasteiger partial charge in [-0.25, -0.2) is 4.98 Å². The number of rotatable bonds is 2. The van der Waals surface area contributed by atoms with Crippen LogP contribution < -0.4 is 5.56 Å². The topological polar surface area (TPSA) is 83.0 Å². The van der Waals surface area contributed by atoms with Crippen LogP contribution in [0.5, 0.6) is 5.75 Å². The van der Waals surface area contributed by atoms with Crippen LogP contribution in [0.4, 0.5) is 0 Å². The number of nitrogens with zero attached hydrogens (tertiary/aromatic N) is 1. The molecule has 5 nitrogen and oxygen atoms in total. The van der Waals surface area contributed by atoms with Crippen molar-refractivity contribution in [2.75, 3.05) is 0 Å². The fourth-order valence-electron chi connectivity index (χ4n) is 2.13. The van der Waals surface area contributed by atoms with Crippen LogP contribution in [0.3, 0.4) is 0 Å². The molecule has 1 radical (unpaired) electrons. The molecule has 22 heavy (non-hydrogen) atoms. The number of aromatic nitrogens is 2. The Bertz CT molecular complexity index is 901. The van der Waals surface area contributed by atoms with Crippen LogP contribution in [0, 0.1) is 44.1 Å². The van der Waals surface area contributed by atoms with Crippen molar-refractivity contribution in [1.82, 2.24) is 9.97 Å². The van der Waals surface area contributed by atoms with E-state index in [9.17, 15) is 14.7 Å². The van der Waals surface area contributed by atoms with Gasteiger partial charge in [-0.15, -0.1) is 0 Å². The molecule has 1 heterocycles. The Morgan fingerprint density at radius 1 is 1.14 bits per heavy atom. The van der Waals surface area contributed by atoms with Crippen LogP contribution in [0.2, 0.25) is 0 Å². The van der Waals surface area contributed by atoms with Crippen molar-refractivity contribution in [2.24, 2.45) is 0 Å². The molecule has 2 aromatic carbocycles. The Kier molecular flexibility index (Phi) is 5.15. The molecule has 0 unspecified atom stereocenters. The smallest absolute Gasteiger partial charge is 0.259 e. The normalized spacial score (nSPS) is 10.2. The first-order valence-corrected chi connectivity index (χ1v) is 6.39. The number of nitrogens with one attached hydrogen (secondary N) is 1. The minimum Gasteiger partial charge on any atom is -0.508 e. The Morgan fingerprint density at radius 2 is 1.82 bits per heavy atom. The summed E-state index contributed by atoms with van der Waals surface area (Å²) in [6, 6.07) is 11.3. The van der Waals surface area contributed by atoms with Gasteiger partial charge < -0.3 is 10.1 Å². The van der Waals surface area contributed by atoms with Gasteiger partial charge in [-0.1, -0.05) is 24.3 Å².